The second kappa shape index (κ2) is 10.9. The summed E-state index contributed by atoms with van der Waals surface area (Å²) in [5.41, 5.74) is 2.61. The van der Waals surface area contributed by atoms with E-state index in [-0.39, 0.29) is 16.9 Å². The normalized spacial score (nSPS) is 15.7. The number of amides is 1. The summed E-state index contributed by atoms with van der Waals surface area (Å²) < 4.78 is 0. The Balaban J connectivity index is 1.30. The minimum atomic E-state index is -0.0577. The fourth-order valence-electron chi connectivity index (χ4n) is 5.01. The van der Waals surface area contributed by atoms with Crippen LogP contribution in [0.5, 0.6) is 0 Å². The average molecular weight is 495 g/mol. The molecule has 1 aliphatic carbocycles. The predicted molar refractivity (Wildman–Crippen MR) is 145 cm³/mol. The van der Waals surface area contributed by atoms with Crippen molar-refractivity contribution < 1.29 is 4.79 Å². The minimum absolute atomic E-state index is 0.00556. The molecule has 3 aromatic rings. The van der Waals surface area contributed by atoms with Gasteiger partial charge in [-0.2, -0.15) is 0 Å². The van der Waals surface area contributed by atoms with E-state index in [1.54, 1.807) is 11.3 Å². The monoisotopic (exact) mass is 494 g/mol. The van der Waals surface area contributed by atoms with Crippen LogP contribution < -0.4 is 15.8 Å². The third kappa shape index (κ3) is 6.13. The van der Waals surface area contributed by atoms with Crippen LogP contribution in [0.2, 0.25) is 0 Å². The highest BCUT2D eigenvalue weighted by molar-refractivity contribution is 7.18. The van der Waals surface area contributed by atoms with Crippen LogP contribution in [-0.2, 0) is 24.1 Å². The van der Waals surface area contributed by atoms with Crippen LogP contribution >= 0.6 is 11.3 Å². The van der Waals surface area contributed by atoms with Crippen molar-refractivity contribution in [2.45, 2.75) is 66.2 Å². The highest BCUT2D eigenvalue weighted by atomic mass is 32.1. The number of aryl methyl sites for hydroxylation is 2. The molecule has 2 N–H and O–H groups in total. The van der Waals surface area contributed by atoms with Crippen molar-refractivity contribution in [3.63, 3.8) is 0 Å². The van der Waals surface area contributed by atoms with E-state index in [0.717, 1.165) is 49.0 Å². The maximum Gasteiger partial charge on any atom is 0.259 e. The number of nitrogens with one attached hydrogen (secondary N) is 2. The summed E-state index contributed by atoms with van der Waals surface area (Å²) in [6, 6.07) is 10.3. The summed E-state index contributed by atoms with van der Waals surface area (Å²) in [6.07, 6.45) is 4.73. The number of aromatic nitrogens is 2. The Bertz CT molecular complexity index is 1210. The smallest absolute Gasteiger partial charge is 0.259 e. The van der Waals surface area contributed by atoms with Crippen LogP contribution in [0.1, 0.15) is 63.2 Å². The second-order valence-electron chi connectivity index (χ2n) is 10.6. The molecule has 2 aromatic heterocycles. The molecule has 0 radical (unpaired) electrons. The summed E-state index contributed by atoms with van der Waals surface area (Å²) in [7, 11) is 0. The minimum Gasteiger partial charge on any atom is -0.372 e. The topological polar surface area (TPSA) is 78.1 Å². The van der Waals surface area contributed by atoms with Crippen LogP contribution in [0.4, 0.5) is 5.69 Å². The molecule has 0 spiro atoms. The number of H-pyrrole nitrogens is 1. The molecule has 188 valence electrons. The summed E-state index contributed by atoms with van der Waals surface area (Å²) in [4.78, 5) is 37.4. The fourth-order valence-corrected chi connectivity index (χ4v) is 6.33. The largest absolute Gasteiger partial charge is 0.372 e. The van der Waals surface area contributed by atoms with Gasteiger partial charge in [-0.05, 0) is 61.6 Å². The first-order valence-corrected chi connectivity index (χ1v) is 13.7. The number of benzene rings is 1. The van der Waals surface area contributed by atoms with Crippen LogP contribution in [0, 0.1) is 11.3 Å². The molecular weight excluding hydrogens is 456 g/mol. The number of hydrogen-bond acceptors (Lipinski definition) is 5. The number of carbonyl (C=O) groups is 1. The van der Waals surface area contributed by atoms with Gasteiger partial charge in [0.1, 0.15) is 10.7 Å². The van der Waals surface area contributed by atoms with E-state index >= 15 is 0 Å². The lowest BCUT2D eigenvalue weighted by Crippen LogP contribution is -2.30. The first-order chi connectivity index (χ1) is 16.8. The van der Waals surface area contributed by atoms with Gasteiger partial charge in [0.15, 0.2) is 0 Å². The molecule has 0 fully saturated rings. The number of thiophene rings is 1. The van der Waals surface area contributed by atoms with Gasteiger partial charge in [-0.15, -0.1) is 11.3 Å². The standard InChI is InChI=1S/C28H38N4O2S/c1-5-32(20-10-7-6-8-11-20)17-9-16-29-24(33)15-14-23-30-26(34)25-21-13-12-19(28(2,3)4)18-22(21)35-27(25)31-23/h6-8,10-11,19H,5,9,12-18H2,1-4H3,(H,29,33)(H,30,31,34)/t19-/m1/s1. The van der Waals surface area contributed by atoms with Gasteiger partial charge in [-0.3, -0.25) is 9.59 Å². The van der Waals surface area contributed by atoms with Crippen molar-refractivity contribution in [3.05, 3.63) is 57.0 Å². The number of aromatic amines is 1. The van der Waals surface area contributed by atoms with Crippen molar-refractivity contribution in [1.29, 1.82) is 0 Å². The van der Waals surface area contributed by atoms with Gasteiger partial charge in [0, 0.05) is 43.0 Å². The molecule has 0 bridgehead atoms. The lowest BCUT2D eigenvalue weighted by atomic mass is 9.72. The third-order valence-corrected chi connectivity index (χ3v) is 8.36. The van der Waals surface area contributed by atoms with Crippen LogP contribution in [-0.4, -0.2) is 35.5 Å². The van der Waals surface area contributed by atoms with Gasteiger partial charge in [-0.25, -0.2) is 4.98 Å². The Morgan fingerprint density at radius 3 is 2.74 bits per heavy atom. The van der Waals surface area contributed by atoms with Gasteiger partial charge < -0.3 is 15.2 Å². The van der Waals surface area contributed by atoms with Crippen LogP contribution in [0.3, 0.4) is 0 Å². The second-order valence-corrected chi connectivity index (χ2v) is 11.7. The molecular formula is C28H38N4O2S. The highest BCUT2D eigenvalue weighted by Crippen LogP contribution is 2.41. The van der Waals surface area contributed by atoms with E-state index in [2.05, 4.69) is 55.0 Å². The number of carbonyl (C=O) groups excluding carboxylic acids is 1. The van der Waals surface area contributed by atoms with Gasteiger partial charge in [-0.1, -0.05) is 39.0 Å². The van der Waals surface area contributed by atoms with E-state index in [1.807, 2.05) is 18.2 Å². The van der Waals surface area contributed by atoms with Gasteiger partial charge in [0.05, 0.1) is 5.39 Å². The van der Waals surface area contributed by atoms with Crippen molar-refractivity contribution in [2.75, 3.05) is 24.5 Å². The zero-order chi connectivity index (χ0) is 25.0. The van der Waals surface area contributed by atoms with Crippen molar-refractivity contribution in [2.24, 2.45) is 11.3 Å². The van der Waals surface area contributed by atoms with Crippen molar-refractivity contribution in [1.82, 2.24) is 15.3 Å². The number of para-hydroxylation sites is 1. The first-order valence-electron chi connectivity index (χ1n) is 12.9. The van der Waals surface area contributed by atoms with Crippen LogP contribution in [0.25, 0.3) is 10.2 Å². The van der Waals surface area contributed by atoms with E-state index in [1.165, 1.54) is 16.1 Å². The molecule has 1 aromatic carbocycles. The molecule has 0 saturated heterocycles. The average Bonchev–Trinajstić information content (AvgIpc) is 3.21. The number of fused-ring (bicyclic) bond motifs is 3. The maximum atomic E-state index is 12.9. The van der Waals surface area contributed by atoms with E-state index in [4.69, 9.17) is 4.98 Å². The maximum absolute atomic E-state index is 12.9. The Labute approximate surface area is 212 Å². The molecule has 0 saturated carbocycles. The Hall–Kier alpha value is -2.67. The summed E-state index contributed by atoms with van der Waals surface area (Å²) >= 11 is 1.67. The van der Waals surface area contributed by atoms with Gasteiger partial charge >= 0.3 is 0 Å². The molecule has 2 heterocycles. The summed E-state index contributed by atoms with van der Waals surface area (Å²) in [5.74, 6) is 1.22. The number of nitrogens with zero attached hydrogens (tertiary/aromatic N) is 2. The Kier molecular flexibility index (Phi) is 7.95. The molecule has 7 heteroatoms. The Morgan fingerprint density at radius 1 is 1.26 bits per heavy atom. The highest BCUT2D eigenvalue weighted by Gasteiger charge is 2.31. The zero-order valence-corrected chi connectivity index (χ0v) is 22.3. The number of anilines is 1. The third-order valence-electron chi connectivity index (χ3n) is 7.21. The molecule has 1 atom stereocenters. The van der Waals surface area contributed by atoms with Crippen molar-refractivity contribution >= 4 is 33.1 Å². The lowest BCUT2D eigenvalue weighted by Gasteiger charge is -2.33. The van der Waals surface area contributed by atoms with Crippen molar-refractivity contribution in [3.8, 4) is 0 Å². The van der Waals surface area contributed by atoms with Crippen LogP contribution in [0.15, 0.2) is 35.1 Å². The Morgan fingerprint density at radius 2 is 2.03 bits per heavy atom. The number of rotatable bonds is 9. The van der Waals surface area contributed by atoms with E-state index in [9.17, 15) is 9.59 Å². The predicted octanol–water partition coefficient (Wildman–Crippen LogP) is 5.10. The lowest BCUT2D eigenvalue weighted by molar-refractivity contribution is -0.121. The summed E-state index contributed by atoms with van der Waals surface area (Å²) in [6.45, 7) is 11.5. The quantitative estimate of drug-likeness (QED) is 0.406. The molecule has 0 aliphatic heterocycles. The molecule has 6 nitrogen and oxygen atoms in total. The first kappa shape index (κ1) is 25.4. The summed E-state index contributed by atoms with van der Waals surface area (Å²) in [5, 5.41) is 3.78. The fraction of sp³-hybridized carbons (Fsp3) is 0.536. The zero-order valence-electron chi connectivity index (χ0n) is 21.4. The van der Waals surface area contributed by atoms with Gasteiger partial charge in [0.2, 0.25) is 5.91 Å². The molecule has 0 unspecified atom stereocenters. The molecule has 1 aliphatic rings. The van der Waals surface area contributed by atoms with Gasteiger partial charge in [0.25, 0.3) is 5.56 Å². The molecule has 1 amide bonds. The molecule has 35 heavy (non-hydrogen) atoms. The van der Waals surface area contributed by atoms with E-state index < -0.39 is 0 Å². The number of hydrogen-bond donors (Lipinski definition) is 2. The van der Waals surface area contributed by atoms with E-state index in [0.29, 0.717) is 31.1 Å². The molecule has 4 rings (SSSR count). The SMILES string of the molecule is CCN(CCCNC(=O)CCc1nc2sc3c(c2c(=O)[nH]1)CC[C@@H](C(C)(C)C)C3)c1ccccc1.